The van der Waals surface area contributed by atoms with Gasteiger partial charge in [0.05, 0.1) is 18.6 Å². The van der Waals surface area contributed by atoms with Crippen molar-refractivity contribution in [1.82, 2.24) is 9.80 Å². The Bertz CT molecular complexity index is 357. The summed E-state index contributed by atoms with van der Waals surface area (Å²) in [5, 5.41) is 10.6. The standard InChI is InChI=1S/C17H32N2O3/c1-14-12-18(13-15(2)19(14)9-10-22-3)16(20)11-17(21)7-5-4-6-8-17/h14-15,21H,4-13H2,1-3H3/t14-,15-/m1/s1. The van der Waals surface area contributed by atoms with Crippen LogP contribution in [0, 0.1) is 0 Å². The third-order valence-corrected chi connectivity index (χ3v) is 5.27. The van der Waals surface area contributed by atoms with Crippen LogP contribution in [0.2, 0.25) is 0 Å². The summed E-state index contributed by atoms with van der Waals surface area (Å²) in [6.45, 7) is 7.47. The first-order valence-corrected chi connectivity index (χ1v) is 8.70. The fourth-order valence-electron chi connectivity index (χ4n) is 3.98. The van der Waals surface area contributed by atoms with Crippen molar-refractivity contribution in [2.24, 2.45) is 0 Å². The first kappa shape index (κ1) is 17.7. The molecule has 1 saturated heterocycles. The lowest BCUT2D eigenvalue weighted by Crippen LogP contribution is -2.59. The smallest absolute Gasteiger partial charge is 0.225 e. The number of hydrogen-bond donors (Lipinski definition) is 1. The van der Waals surface area contributed by atoms with E-state index >= 15 is 0 Å². The first-order valence-electron chi connectivity index (χ1n) is 8.70. The molecule has 1 saturated carbocycles. The van der Waals surface area contributed by atoms with Crippen LogP contribution in [0.3, 0.4) is 0 Å². The summed E-state index contributed by atoms with van der Waals surface area (Å²) in [6.07, 6.45) is 5.12. The number of carbonyl (C=O) groups is 1. The molecule has 0 radical (unpaired) electrons. The van der Waals surface area contributed by atoms with Crippen LogP contribution in [0.1, 0.15) is 52.4 Å². The number of methoxy groups -OCH3 is 1. The van der Waals surface area contributed by atoms with Gasteiger partial charge in [-0.05, 0) is 26.7 Å². The molecule has 0 aromatic heterocycles. The normalized spacial score (nSPS) is 29.5. The van der Waals surface area contributed by atoms with E-state index in [9.17, 15) is 9.90 Å². The Kier molecular flexibility index (Phi) is 6.24. The molecule has 5 nitrogen and oxygen atoms in total. The lowest BCUT2D eigenvalue weighted by atomic mass is 9.82. The molecule has 22 heavy (non-hydrogen) atoms. The zero-order chi connectivity index (χ0) is 16.2. The molecule has 2 rings (SSSR count). The minimum absolute atomic E-state index is 0.120. The molecular formula is C17H32N2O3. The Morgan fingerprint density at radius 3 is 2.32 bits per heavy atom. The fourth-order valence-corrected chi connectivity index (χ4v) is 3.98. The molecule has 128 valence electrons. The van der Waals surface area contributed by atoms with E-state index < -0.39 is 5.60 Å². The zero-order valence-corrected chi connectivity index (χ0v) is 14.4. The van der Waals surface area contributed by atoms with Crippen molar-refractivity contribution < 1.29 is 14.6 Å². The van der Waals surface area contributed by atoms with Gasteiger partial charge in [0.1, 0.15) is 0 Å². The van der Waals surface area contributed by atoms with Crippen LogP contribution in [0.5, 0.6) is 0 Å². The molecule has 2 atom stereocenters. The molecule has 0 bridgehead atoms. The summed E-state index contributed by atoms with van der Waals surface area (Å²) in [6, 6.07) is 0.674. The highest BCUT2D eigenvalue weighted by atomic mass is 16.5. The molecule has 5 heteroatoms. The highest BCUT2D eigenvalue weighted by Crippen LogP contribution is 2.31. The van der Waals surface area contributed by atoms with Crippen LogP contribution in [-0.4, -0.2) is 71.8 Å². The molecule has 2 fully saturated rings. The third kappa shape index (κ3) is 4.43. The van der Waals surface area contributed by atoms with Crippen LogP contribution in [0.4, 0.5) is 0 Å². The van der Waals surface area contributed by atoms with Gasteiger partial charge >= 0.3 is 0 Å². The average molecular weight is 312 g/mol. The molecular weight excluding hydrogens is 280 g/mol. The fraction of sp³-hybridized carbons (Fsp3) is 0.941. The lowest BCUT2D eigenvalue weighted by molar-refractivity contribution is -0.142. The number of amides is 1. The summed E-state index contributed by atoms with van der Waals surface area (Å²) in [5.74, 6) is 0.120. The quantitative estimate of drug-likeness (QED) is 0.838. The van der Waals surface area contributed by atoms with Gasteiger partial charge in [-0.3, -0.25) is 9.69 Å². The van der Waals surface area contributed by atoms with Crippen molar-refractivity contribution in [3.63, 3.8) is 0 Å². The molecule has 1 heterocycles. The Labute approximate surface area is 134 Å². The maximum Gasteiger partial charge on any atom is 0.225 e. The van der Waals surface area contributed by atoms with Gasteiger partial charge in [-0.1, -0.05) is 19.3 Å². The van der Waals surface area contributed by atoms with E-state index in [2.05, 4.69) is 18.7 Å². The maximum atomic E-state index is 12.6. The Morgan fingerprint density at radius 2 is 1.77 bits per heavy atom. The van der Waals surface area contributed by atoms with Gasteiger partial charge in [-0.15, -0.1) is 0 Å². The molecule has 0 unspecified atom stereocenters. The van der Waals surface area contributed by atoms with Crippen molar-refractivity contribution in [3.05, 3.63) is 0 Å². The van der Waals surface area contributed by atoms with Gasteiger partial charge in [0.2, 0.25) is 5.91 Å². The topological polar surface area (TPSA) is 53.0 Å². The van der Waals surface area contributed by atoms with E-state index in [0.29, 0.717) is 18.5 Å². The predicted octanol–water partition coefficient (Wildman–Crippen LogP) is 1.64. The van der Waals surface area contributed by atoms with Gasteiger partial charge in [-0.2, -0.15) is 0 Å². The minimum atomic E-state index is -0.755. The Morgan fingerprint density at radius 1 is 1.18 bits per heavy atom. The highest BCUT2D eigenvalue weighted by molar-refractivity contribution is 5.77. The van der Waals surface area contributed by atoms with E-state index in [1.165, 1.54) is 6.42 Å². The predicted molar refractivity (Wildman–Crippen MR) is 86.7 cm³/mol. The molecule has 0 aromatic carbocycles. The Hall–Kier alpha value is -0.650. The molecule has 1 aliphatic carbocycles. The van der Waals surface area contributed by atoms with E-state index in [4.69, 9.17) is 4.74 Å². The van der Waals surface area contributed by atoms with Crippen molar-refractivity contribution in [1.29, 1.82) is 0 Å². The monoisotopic (exact) mass is 312 g/mol. The summed E-state index contributed by atoms with van der Waals surface area (Å²) < 4.78 is 5.17. The number of ether oxygens (including phenoxy) is 1. The van der Waals surface area contributed by atoms with Crippen LogP contribution >= 0.6 is 0 Å². The second-order valence-corrected chi connectivity index (χ2v) is 7.19. The molecule has 2 aliphatic rings. The first-order chi connectivity index (χ1) is 10.4. The summed E-state index contributed by atoms with van der Waals surface area (Å²) in [7, 11) is 1.72. The average Bonchev–Trinajstić information content (AvgIpc) is 2.46. The zero-order valence-electron chi connectivity index (χ0n) is 14.4. The lowest BCUT2D eigenvalue weighted by Gasteiger charge is -2.45. The number of piperazine rings is 1. The van der Waals surface area contributed by atoms with Crippen molar-refractivity contribution in [3.8, 4) is 0 Å². The second kappa shape index (κ2) is 7.75. The van der Waals surface area contributed by atoms with E-state index in [0.717, 1.165) is 51.9 Å². The maximum absolute atomic E-state index is 12.6. The van der Waals surface area contributed by atoms with E-state index in [1.807, 2.05) is 4.90 Å². The molecule has 0 aromatic rings. The van der Waals surface area contributed by atoms with Crippen LogP contribution in [0.15, 0.2) is 0 Å². The van der Waals surface area contributed by atoms with Crippen LogP contribution in [0.25, 0.3) is 0 Å². The van der Waals surface area contributed by atoms with Gasteiger partial charge in [0, 0.05) is 38.8 Å². The number of nitrogens with zero attached hydrogens (tertiary/aromatic N) is 2. The summed E-state index contributed by atoms with van der Waals surface area (Å²) >= 11 is 0. The second-order valence-electron chi connectivity index (χ2n) is 7.19. The van der Waals surface area contributed by atoms with Crippen molar-refractivity contribution in [2.75, 3.05) is 33.4 Å². The minimum Gasteiger partial charge on any atom is -0.389 e. The van der Waals surface area contributed by atoms with Gasteiger partial charge in [-0.25, -0.2) is 0 Å². The highest BCUT2D eigenvalue weighted by Gasteiger charge is 2.36. The van der Waals surface area contributed by atoms with Crippen LogP contribution < -0.4 is 0 Å². The van der Waals surface area contributed by atoms with Gasteiger partial charge in [0.15, 0.2) is 0 Å². The molecule has 1 aliphatic heterocycles. The van der Waals surface area contributed by atoms with Crippen molar-refractivity contribution >= 4 is 5.91 Å². The summed E-state index contributed by atoms with van der Waals surface area (Å²) in [4.78, 5) is 17.0. The Balaban J connectivity index is 1.89. The van der Waals surface area contributed by atoms with Crippen LogP contribution in [-0.2, 0) is 9.53 Å². The molecule has 1 N–H and O–H groups in total. The van der Waals surface area contributed by atoms with Gasteiger partial charge in [0.25, 0.3) is 0 Å². The van der Waals surface area contributed by atoms with E-state index in [-0.39, 0.29) is 5.91 Å². The third-order valence-electron chi connectivity index (χ3n) is 5.27. The largest absolute Gasteiger partial charge is 0.389 e. The number of carbonyl (C=O) groups excluding carboxylic acids is 1. The molecule has 1 amide bonds. The molecule has 0 spiro atoms. The number of rotatable bonds is 5. The number of hydrogen-bond acceptors (Lipinski definition) is 4. The van der Waals surface area contributed by atoms with Crippen molar-refractivity contribution in [2.45, 2.75) is 70.1 Å². The SMILES string of the molecule is COCCN1[C@H](C)CN(C(=O)CC2(O)CCCCC2)C[C@H]1C. The van der Waals surface area contributed by atoms with E-state index in [1.54, 1.807) is 7.11 Å². The summed E-state index contributed by atoms with van der Waals surface area (Å²) in [5.41, 5.74) is -0.755. The number of aliphatic hydroxyl groups is 1. The van der Waals surface area contributed by atoms with Gasteiger partial charge < -0.3 is 14.7 Å².